The summed E-state index contributed by atoms with van der Waals surface area (Å²) in [7, 11) is 0. The van der Waals surface area contributed by atoms with Crippen LogP contribution in [0.25, 0.3) is 16.9 Å². The van der Waals surface area contributed by atoms with Crippen molar-refractivity contribution < 1.29 is 0 Å². The number of rotatable bonds is 1. The standard InChI is InChI=1S/C12H11N3S/c1-8-6-9-4-2-3-5-15(9)11(8)10-7-16-12(13)14-10/h2-7H,1H3,(H2,13,14). The van der Waals surface area contributed by atoms with Crippen molar-refractivity contribution in [3.8, 4) is 11.4 Å². The summed E-state index contributed by atoms with van der Waals surface area (Å²) in [6, 6.07) is 8.30. The summed E-state index contributed by atoms with van der Waals surface area (Å²) in [5.41, 5.74) is 10.2. The van der Waals surface area contributed by atoms with E-state index >= 15 is 0 Å². The molecule has 0 amide bonds. The van der Waals surface area contributed by atoms with E-state index in [1.807, 2.05) is 23.7 Å². The number of fused-ring (bicyclic) bond motifs is 1. The van der Waals surface area contributed by atoms with Crippen LogP contribution in [0.1, 0.15) is 5.56 Å². The van der Waals surface area contributed by atoms with E-state index < -0.39 is 0 Å². The molecule has 0 atom stereocenters. The maximum absolute atomic E-state index is 5.68. The van der Waals surface area contributed by atoms with Crippen molar-refractivity contribution in [3.05, 3.63) is 41.4 Å². The van der Waals surface area contributed by atoms with Crippen molar-refractivity contribution in [1.82, 2.24) is 9.38 Å². The summed E-state index contributed by atoms with van der Waals surface area (Å²) in [5, 5.41) is 2.61. The number of aryl methyl sites for hydroxylation is 1. The van der Waals surface area contributed by atoms with Gasteiger partial charge in [0.2, 0.25) is 0 Å². The van der Waals surface area contributed by atoms with Gasteiger partial charge in [-0.1, -0.05) is 6.07 Å². The van der Waals surface area contributed by atoms with Crippen molar-refractivity contribution in [2.75, 3.05) is 5.73 Å². The molecule has 0 bridgehead atoms. The highest BCUT2D eigenvalue weighted by Crippen LogP contribution is 2.28. The van der Waals surface area contributed by atoms with Crippen LogP contribution in [-0.4, -0.2) is 9.38 Å². The van der Waals surface area contributed by atoms with Gasteiger partial charge in [-0.25, -0.2) is 4.98 Å². The number of nitrogen functional groups attached to an aromatic ring is 1. The number of thiazole rings is 1. The fourth-order valence-electron chi connectivity index (χ4n) is 1.98. The predicted molar refractivity (Wildman–Crippen MR) is 67.7 cm³/mol. The summed E-state index contributed by atoms with van der Waals surface area (Å²) >= 11 is 1.47. The van der Waals surface area contributed by atoms with Gasteiger partial charge in [-0.05, 0) is 30.7 Å². The Morgan fingerprint density at radius 1 is 1.38 bits per heavy atom. The van der Waals surface area contributed by atoms with Crippen LogP contribution < -0.4 is 5.73 Å². The third kappa shape index (κ3) is 1.31. The minimum absolute atomic E-state index is 0.611. The monoisotopic (exact) mass is 229 g/mol. The molecule has 0 aliphatic carbocycles. The molecule has 0 unspecified atom stereocenters. The Morgan fingerprint density at radius 3 is 3.00 bits per heavy atom. The van der Waals surface area contributed by atoms with Gasteiger partial charge in [0.05, 0.1) is 5.69 Å². The molecule has 0 spiro atoms. The summed E-state index contributed by atoms with van der Waals surface area (Å²) in [5.74, 6) is 0. The van der Waals surface area contributed by atoms with E-state index in [1.54, 1.807) is 0 Å². The fourth-order valence-corrected chi connectivity index (χ4v) is 2.53. The van der Waals surface area contributed by atoms with Crippen molar-refractivity contribution in [1.29, 1.82) is 0 Å². The van der Waals surface area contributed by atoms with Gasteiger partial charge in [0, 0.05) is 17.1 Å². The average Bonchev–Trinajstić information content (AvgIpc) is 2.80. The van der Waals surface area contributed by atoms with E-state index in [0.717, 1.165) is 11.4 Å². The topological polar surface area (TPSA) is 43.3 Å². The zero-order valence-corrected chi connectivity index (χ0v) is 9.66. The van der Waals surface area contributed by atoms with E-state index in [9.17, 15) is 0 Å². The average molecular weight is 229 g/mol. The smallest absolute Gasteiger partial charge is 0.180 e. The zero-order valence-electron chi connectivity index (χ0n) is 8.84. The Labute approximate surface area is 97.2 Å². The lowest BCUT2D eigenvalue weighted by Crippen LogP contribution is -1.89. The van der Waals surface area contributed by atoms with Crippen LogP contribution in [0.2, 0.25) is 0 Å². The number of nitrogens with zero attached hydrogens (tertiary/aromatic N) is 2. The first-order valence-electron chi connectivity index (χ1n) is 5.04. The molecule has 3 aromatic heterocycles. The molecule has 3 nitrogen and oxygen atoms in total. The summed E-state index contributed by atoms with van der Waals surface area (Å²) < 4.78 is 2.14. The molecule has 16 heavy (non-hydrogen) atoms. The molecule has 0 saturated carbocycles. The van der Waals surface area contributed by atoms with E-state index in [2.05, 4.69) is 28.4 Å². The molecule has 0 aliphatic rings. The van der Waals surface area contributed by atoms with Crippen molar-refractivity contribution in [2.24, 2.45) is 0 Å². The van der Waals surface area contributed by atoms with Gasteiger partial charge >= 0.3 is 0 Å². The number of anilines is 1. The molecular formula is C12H11N3S. The molecule has 80 valence electrons. The van der Waals surface area contributed by atoms with Crippen molar-refractivity contribution in [3.63, 3.8) is 0 Å². The number of nitrogens with two attached hydrogens (primary N) is 1. The quantitative estimate of drug-likeness (QED) is 0.697. The normalized spacial score (nSPS) is 11.1. The Balaban J connectivity index is 2.34. The van der Waals surface area contributed by atoms with Crippen LogP contribution >= 0.6 is 11.3 Å². The maximum atomic E-state index is 5.68. The van der Waals surface area contributed by atoms with E-state index in [4.69, 9.17) is 5.73 Å². The fraction of sp³-hybridized carbons (Fsp3) is 0.0833. The highest BCUT2D eigenvalue weighted by atomic mass is 32.1. The molecular weight excluding hydrogens is 218 g/mol. The highest BCUT2D eigenvalue weighted by molar-refractivity contribution is 7.13. The van der Waals surface area contributed by atoms with Gasteiger partial charge in [-0.15, -0.1) is 11.3 Å². The number of aromatic nitrogens is 2. The van der Waals surface area contributed by atoms with Gasteiger partial charge in [0.1, 0.15) is 5.69 Å². The number of hydrogen-bond donors (Lipinski definition) is 1. The van der Waals surface area contributed by atoms with Crippen molar-refractivity contribution >= 4 is 22.0 Å². The van der Waals surface area contributed by atoms with E-state index in [1.165, 1.54) is 22.4 Å². The number of pyridine rings is 1. The summed E-state index contributed by atoms with van der Waals surface area (Å²) in [6.07, 6.45) is 2.05. The first kappa shape index (κ1) is 9.42. The molecule has 0 aliphatic heterocycles. The molecule has 0 fully saturated rings. The molecule has 3 rings (SSSR count). The SMILES string of the molecule is Cc1cc2ccccn2c1-c1csc(N)n1. The second-order valence-corrected chi connectivity index (χ2v) is 4.63. The third-order valence-corrected chi connectivity index (χ3v) is 3.31. The first-order chi connectivity index (χ1) is 7.75. The van der Waals surface area contributed by atoms with Crippen LogP contribution in [0, 0.1) is 6.92 Å². The zero-order chi connectivity index (χ0) is 11.1. The molecule has 3 aromatic rings. The van der Waals surface area contributed by atoms with Gasteiger partial charge < -0.3 is 10.1 Å². The highest BCUT2D eigenvalue weighted by Gasteiger charge is 2.11. The Morgan fingerprint density at radius 2 is 2.25 bits per heavy atom. The minimum atomic E-state index is 0.611. The molecule has 0 radical (unpaired) electrons. The Bertz CT molecular complexity index is 651. The lowest BCUT2D eigenvalue weighted by molar-refractivity contribution is 1.17. The first-order valence-corrected chi connectivity index (χ1v) is 5.92. The van der Waals surface area contributed by atoms with Crippen LogP contribution in [0.5, 0.6) is 0 Å². The van der Waals surface area contributed by atoms with Gasteiger partial charge in [0.15, 0.2) is 5.13 Å². The molecule has 2 N–H and O–H groups in total. The van der Waals surface area contributed by atoms with Gasteiger partial charge in [0.25, 0.3) is 0 Å². The van der Waals surface area contributed by atoms with Crippen LogP contribution in [-0.2, 0) is 0 Å². The molecule has 0 saturated heterocycles. The number of hydrogen-bond acceptors (Lipinski definition) is 3. The summed E-state index contributed by atoms with van der Waals surface area (Å²) in [6.45, 7) is 2.10. The maximum Gasteiger partial charge on any atom is 0.180 e. The Kier molecular flexibility index (Phi) is 1.97. The van der Waals surface area contributed by atoms with Crippen LogP contribution in [0.4, 0.5) is 5.13 Å². The van der Waals surface area contributed by atoms with Crippen LogP contribution in [0.15, 0.2) is 35.8 Å². The predicted octanol–water partition coefficient (Wildman–Crippen LogP) is 2.95. The molecule has 3 heterocycles. The Hall–Kier alpha value is -1.81. The van der Waals surface area contributed by atoms with Gasteiger partial charge in [-0.3, -0.25) is 0 Å². The largest absolute Gasteiger partial charge is 0.375 e. The lowest BCUT2D eigenvalue weighted by atomic mass is 10.2. The minimum Gasteiger partial charge on any atom is -0.375 e. The van der Waals surface area contributed by atoms with E-state index in [-0.39, 0.29) is 0 Å². The lowest BCUT2D eigenvalue weighted by Gasteiger charge is -2.00. The van der Waals surface area contributed by atoms with E-state index in [0.29, 0.717) is 5.13 Å². The third-order valence-electron chi connectivity index (χ3n) is 2.63. The molecule has 4 heteroatoms. The molecule has 0 aromatic carbocycles. The second kappa shape index (κ2) is 3.35. The summed E-state index contributed by atoms with van der Waals surface area (Å²) in [4.78, 5) is 4.34. The van der Waals surface area contributed by atoms with Crippen LogP contribution in [0.3, 0.4) is 0 Å². The van der Waals surface area contributed by atoms with Crippen molar-refractivity contribution in [2.45, 2.75) is 6.92 Å². The van der Waals surface area contributed by atoms with Gasteiger partial charge in [-0.2, -0.15) is 0 Å². The second-order valence-electron chi connectivity index (χ2n) is 3.74.